The minimum Gasteiger partial charge on any atom is -0.359 e. The normalized spacial score (nSPS) is 13.6. The molecule has 0 saturated heterocycles. The number of hydrogen-bond donors (Lipinski definition) is 3. The summed E-state index contributed by atoms with van der Waals surface area (Å²) in [5.74, 6) is -0.152. The number of likely N-dealkylation sites (N-methyl/N-ethyl adjacent to an activating group) is 1. The van der Waals surface area contributed by atoms with Gasteiger partial charge in [-0.15, -0.1) is 11.3 Å². The molecule has 5 rings (SSSR count). The van der Waals surface area contributed by atoms with Crippen LogP contribution in [0, 0.1) is 13.8 Å². The number of nitrogens with zero attached hydrogens (tertiary/aromatic N) is 3. The summed E-state index contributed by atoms with van der Waals surface area (Å²) in [6, 6.07) is 11.7. The van der Waals surface area contributed by atoms with E-state index in [0.717, 1.165) is 75.4 Å². The maximum Gasteiger partial charge on any atom is 0.256 e. The van der Waals surface area contributed by atoms with Crippen LogP contribution in [-0.2, 0) is 16.0 Å². The number of thiazole rings is 1. The van der Waals surface area contributed by atoms with Crippen LogP contribution in [0.1, 0.15) is 41.9 Å². The molecule has 3 N–H and O–H groups in total. The van der Waals surface area contributed by atoms with E-state index in [-0.39, 0.29) is 11.8 Å². The minimum atomic E-state index is -0.151. The molecule has 1 aliphatic heterocycles. The van der Waals surface area contributed by atoms with Crippen LogP contribution in [0.25, 0.3) is 33.6 Å². The van der Waals surface area contributed by atoms with Gasteiger partial charge >= 0.3 is 0 Å². The quantitative estimate of drug-likeness (QED) is 0.231. The maximum atomic E-state index is 13.0. The average Bonchev–Trinajstić information content (AvgIpc) is 3.65. The van der Waals surface area contributed by atoms with Crippen LogP contribution in [0.5, 0.6) is 0 Å². The van der Waals surface area contributed by atoms with E-state index in [1.807, 2.05) is 61.7 Å². The van der Waals surface area contributed by atoms with E-state index in [0.29, 0.717) is 18.5 Å². The molecule has 0 atom stereocenters. The van der Waals surface area contributed by atoms with Crippen molar-refractivity contribution >= 4 is 40.5 Å². The third-order valence-corrected chi connectivity index (χ3v) is 8.25. The molecule has 4 heterocycles. The van der Waals surface area contributed by atoms with Crippen molar-refractivity contribution in [2.45, 2.75) is 34.1 Å². The Bertz CT molecular complexity index is 1570. The van der Waals surface area contributed by atoms with Crippen LogP contribution >= 0.6 is 11.3 Å². The zero-order valence-electron chi connectivity index (χ0n) is 23.3. The number of aromatic nitrogens is 3. The van der Waals surface area contributed by atoms with E-state index >= 15 is 0 Å². The smallest absolute Gasteiger partial charge is 0.256 e. The lowest BCUT2D eigenvalue weighted by atomic mass is 10.0. The summed E-state index contributed by atoms with van der Waals surface area (Å²) in [5.41, 5.74) is 8.49. The Kier molecular flexibility index (Phi) is 8.23. The number of benzene rings is 1. The molecule has 4 aromatic rings. The summed E-state index contributed by atoms with van der Waals surface area (Å²) in [6.45, 7) is 11.6. The molecule has 3 aromatic heterocycles. The fourth-order valence-electron chi connectivity index (χ4n) is 4.99. The number of amides is 2. The van der Waals surface area contributed by atoms with Crippen LogP contribution in [0.4, 0.5) is 5.69 Å². The second-order valence-corrected chi connectivity index (χ2v) is 10.7. The van der Waals surface area contributed by atoms with Crippen molar-refractivity contribution in [2.75, 3.05) is 31.5 Å². The molecule has 206 valence electrons. The molecule has 0 radical (unpaired) electrons. The minimum absolute atomic E-state index is 0.00140. The summed E-state index contributed by atoms with van der Waals surface area (Å²) in [4.78, 5) is 40.5. The van der Waals surface area contributed by atoms with Gasteiger partial charge in [0.15, 0.2) is 0 Å². The number of rotatable bonds is 10. The van der Waals surface area contributed by atoms with Gasteiger partial charge in [0.05, 0.1) is 23.4 Å². The Morgan fingerprint density at radius 1 is 1.12 bits per heavy atom. The Labute approximate surface area is 238 Å². The van der Waals surface area contributed by atoms with Gasteiger partial charge in [-0.2, -0.15) is 0 Å². The molecule has 1 aliphatic rings. The zero-order valence-corrected chi connectivity index (χ0v) is 24.1. The van der Waals surface area contributed by atoms with E-state index in [1.54, 1.807) is 17.5 Å². The van der Waals surface area contributed by atoms with Gasteiger partial charge in [0, 0.05) is 52.9 Å². The lowest BCUT2D eigenvalue weighted by Crippen LogP contribution is -2.35. The number of pyridine rings is 1. The molecule has 9 heteroatoms. The number of nitrogens with one attached hydrogen (secondary N) is 3. The van der Waals surface area contributed by atoms with E-state index < -0.39 is 0 Å². The van der Waals surface area contributed by atoms with Gasteiger partial charge in [-0.1, -0.05) is 26.0 Å². The van der Waals surface area contributed by atoms with Gasteiger partial charge in [-0.05, 0) is 68.4 Å². The van der Waals surface area contributed by atoms with Crippen molar-refractivity contribution in [1.82, 2.24) is 25.2 Å². The number of carbonyl (C=O) groups is 2. The highest BCUT2D eigenvalue weighted by Gasteiger charge is 2.26. The molecule has 0 bridgehead atoms. The van der Waals surface area contributed by atoms with Crippen LogP contribution in [0.3, 0.4) is 0 Å². The molecule has 2 amide bonds. The standard InChI is InChI=1S/C31H34N6O2S/c1-5-37(6-2)14-13-33-29(38)17-22-19(3)27(34-20(22)4)16-24-23-15-21(10-11-25(23)35-30(24)39)28-18-40-31(36-28)26-9-7-8-12-32-26/h7-12,15-16,18,34H,5-6,13-14,17H2,1-4H3,(H,33,38)(H,35,39)/b24-16-. The number of carbonyl (C=O) groups excluding carboxylic acids is 2. The molecule has 40 heavy (non-hydrogen) atoms. The fourth-order valence-corrected chi connectivity index (χ4v) is 5.79. The molecule has 0 aliphatic carbocycles. The van der Waals surface area contributed by atoms with Crippen molar-refractivity contribution in [3.63, 3.8) is 0 Å². The highest BCUT2D eigenvalue weighted by atomic mass is 32.1. The number of fused-ring (bicyclic) bond motifs is 1. The van der Waals surface area contributed by atoms with E-state index in [9.17, 15) is 9.59 Å². The summed E-state index contributed by atoms with van der Waals surface area (Å²) in [5, 5.41) is 8.87. The van der Waals surface area contributed by atoms with Crippen molar-refractivity contribution in [2.24, 2.45) is 0 Å². The second kappa shape index (κ2) is 12.0. The molecule has 0 spiro atoms. The summed E-state index contributed by atoms with van der Waals surface area (Å²) in [6.07, 6.45) is 3.94. The maximum absolute atomic E-state index is 13.0. The van der Waals surface area contributed by atoms with E-state index in [4.69, 9.17) is 4.98 Å². The van der Waals surface area contributed by atoms with Crippen LogP contribution < -0.4 is 10.6 Å². The highest BCUT2D eigenvalue weighted by molar-refractivity contribution is 7.13. The lowest BCUT2D eigenvalue weighted by molar-refractivity contribution is -0.120. The third-order valence-electron chi connectivity index (χ3n) is 7.39. The zero-order chi connectivity index (χ0) is 28.2. The fraction of sp³-hybridized carbons (Fsp3) is 0.290. The number of aryl methyl sites for hydroxylation is 1. The van der Waals surface area contributed by atoms with Crippen LogP contribution in [-0.4, -0.2) is 57.8 Å². The Morgan fingerprint density at radius 3 is 2.70 bits per heavy atom. The number of aromatic amines is 1. The molecule has 0 fully saturated rings. The largest absolute Gasteiger partial charge is 0.359 e. The highest BCUT2D eigenvalue weighted by Crippen LogP contribution is 2.37. The Hall–Kier alpha value is -4.08. The topological polar surface area (TPSA) is 103 Å². The lowest BCUT2D eigenvalue weighted by Gasteiger charge is -2.18. The molecule has 0 unspecified atom stereocenters. The van der Waals surface area contributed by atoms with Gasteiger partial charge in [0.25, 0.3) is 5.91 Å². The van der Waals surface area contributed by atoms with Gasteiger partial charge in [-0.25, -0.2) is 4.98 Å². The Balaban J connectivity index is 1.36. The van der Waals surface area contributed by atoms with Crippen molar-refractivity contribution in [3.05, 3.63) is 76.1 Å². The first-order chi connectivity index (χ1) is 19.4. The molecule has 8 nitrogen and oxygen atoms in total. The average molecular weight is 555 g/mol. The first kappa shape index (κ1) is 27.5. The number of anilines is 1. The Morgan fingerprint density at radius 2 is 1.95 bits per heavy atom. The van der Waals surface area contributed by atoms with Crippen molar-refractivity contribution < 1.29 is 9.59 Å². The van der Waals surface area contributed by atoms with Gasteiger partial charge in [-0.3, -0.25) is 14.6 Å². The molecule has 1 aromatic carbocycles. The van der Waals surface area contributed by atoms with Crippen LogP contribution in [0.15, 0.2) is 48.0 Å². The van der Waals surface area contributed by atoms with E-state index in [1.165, 1.54) is 0 Å². The monoisotopic (exact) mass is 554 g/mol. The first-order valence-electron chi connectivity index (χ1n) is 13.6. The second-order valence-electron chi connectivity index (χ2n) is 9.85. The van der Waals surface area contributed by atoms with Crippen molar-refractivity contribution in [1.29, 1.82) is 0 Å². The van der Waals surface area contributed by atoms with E-state index in [2.05, 4.69) is 39.3 Å². The van der Waals surface area contributed by atoms with Gasteiger partial charge in [0.1, 0.15) is 5.01 Å². The molecule has 0 saturated carbocycles. The number of H-pyrrole nitrogens is 1. The first-order valence-corrected chi connectivity index (χ1v) is 14.5. The van der Waals surface area contributed by atoms with Gasteiger partial charge in [0.2, 0.25) is 5.91 Å². The summed E-state index contributed by atoms with van der Waals surface area (Å²) >= 11 is 1.54. The SMILES string of the molecule is CCN(CC)CCNC(=O)Cc1c(C)[nH]c(/C=C2\C(=O)Nc3ccc(-c4csc(-c5ccccn5)n4)cc32)c1C. The molecular formula is C31H34N6O2S. The predicted octanol–water partition coefficient (Wildman–Crippen LogP) is 5.31. The summed E-state index contributed by atoms with van der Waals surface area (Å²) < 4.78 is 0. The molecular weight excluding hydrogens is 520 g/mol. The summed E-state index contributed by atoms with van der Waals surface area (Å²) in [7, 11) is 0. The number of hydrogen-bond acceptors (Lipinski definition) is 6. The predicted molar refractivity (Wildman–Crippen MR) is 162 cm³/mol. The van der Waals surface area contributed by atoms with Crippen molar-refractivity contribution in [3.8, 4) is 22.0 Å². The third kappa shape index (κ3) is 5.76. The van der Waals surface area contributed by atoms with Crippen LogP contribution in [0.2, 0.25) is 0 Å². The van der Waals surface area contributed by atoms with Gasteiger partial charge < -0.3 is 20.5 Å².